The minimum Gasteiger partial charge on any atom is -0.448 e. The van der Waals surface area contributed by atoms with Crippen molar-refractivity contribution >= 4 is 11.8 Å². The predicted molar refractivity (Wildman–Crippen MR) is 63.8 cm³/mol. The van der Waals surface area contributed by atoms with E-state index in [0.29, 0.717) is 13.1 Å². The van der Waals surface area contributed by atoms with Crippen molar-refractivity contribution < 1.29 is 19.3 Å². The maximum Gasteiger partial charge on any atom is 0.404 e. The average molecular weight is 267 g/mol. The van der Waals surface area contributed by atoms with Gasteiger partial charge in [-0.2, -0.15) is 5.06 Å². The fourth-order valence-electron chi connectivity index (χ4n) is 1.80. The molecule has 0 bridgehead atoms. The van der Waals surface area contributed by atoms with Crippen LogP contribution in [0.3, 0.4) is 0 Å². The molecule has 0 atom stereocenters. The molecule has 0 spiro atoms. The minimum absolute atomic E-state index is 0.0489. The molecule has 1 aromatic carbocycles. The van der Waals surface area contributed by atoms with Crippen LogP contribution < -0.4 is 5.73 Å². The third kappa shape index (κ3) is 3.39. The highest BCUT2D eigenvalue weighted by molar-refractivity contribution is 5.64. The van der Waals surface area contributed by atoms with E-state index in [2.05, 4.69) is 4.74 Å². The Balaban J connectivity index is 1.96. The van der Waals surface area contributed by atoms with Crippen molar-refractivity contribution in [2.24, 2.45) is 5.73 Å². The van der Waals surface area contributed by atoms with Crippen LogP contribution in [0.5, 0.6) is 0 Å². The molecule has 0 aromatic heterocycles. The highest BCUT2D eigenvalue weighted by atomic mass is 16.7. The first kappa shape index (κ1) is 13.2. The molecule has 102 valence electrons. The molecule has 0 saturated heterocycles. The van der Waals surface area contributed by atoms with Gasteiger partial charge in [-0.05, 0) is 11.1 Å². The molecular weight excluding hydrogens is 254 g/mol. The van der Waals surface area contributed by atoms with Crippen LogP contribution in [0.1, 0.15) is 11.1 Å². The number of amides is 1. The van der Waals surface area contributed by atoms with E-state index in [-0.39, 0.29) is 18.9 Å². The van der Waals surface area contributed by atoms with E-state index >= 15 is 0 Å². The Kier molecular flexibility index (Phi) is 3.93. The van der Waals surface area contributed by atoms with Crippen LogP contribution in [0.2, 0.25) is 0 Å². The molecule has 0 fully saturated rings. The number of rotatable bonds is 4. The van der Waals surface area contributed by atoms with E-state index in [1.807, 2.05) is 0 Å². The van der Waals surface area contributed by atoms with Gasteiger partial charge in [0.2, 0.25) is 0 Å². The van der Waals surface area contributed by atoms with Crippen LogP contribution in [-0.2, 0) is 22.7 Å². The first-order chi connectivity index (χ1) is 9.06. The molecule has 8 nitrogen and oxygen atoms in total. The highest BCUT2D eigenvalue weighted by Crippen LogP contribution is 2.24. The van der Waals surface area contributed by atoms with E-state index in [0.717, 1.165) is 11.1 Å². The van der Waals surface area contributed by atoms with Gasteiger partial charge in [-0.15, -0.1) is 0 Å². The van der Waals surface area contributed by atoms with Crippen LogP contribution in [0.15, 0.2) is 18.2 Å². The molecule has 0 aliphatic carbocycles. The maximum absolute atomic E-state index is 10.7. The molecule has 1 aromatic rings. The van der Waals surface area contributed by atoms with Crippen molar-refractivity contribution in [1.82, 2.24) is 5.06 Å². The van der Waals surface area contributed by atoms with Gasteiger partial charge in [-0.25, -0.2) is 4.79 Å². The van der Waals surface area contributed by atoms with Crippen molar-refractivity contribution in [3.8, 4) is 0 Å². The molecule has 1 aliphatic heterocycles. The summed E-state index contributed by atoms with van der Waals surface area (Å²) in [7, 11) is 0. The summed E-state index contributed by atoms with van der Waals surface area (Å²) in [6.07, 6.45) is -0.826. The average Bonchev–Trinajstić information content (AvgIpc) is 2.37. The number of benzene rings is 1. The van der Waals surface area contributed by atoms with E-state index in [9.17, 15) is 14.9 Å². The zero-order chi connectivity index (χ0) is 13.8. The number of nitro benzene ring substituents is 1. The zero-order valence-electron chi connectivity index (χ0n) is 10.1. The third-order valence-corrected chi connectivity index (χ3v) is 2.74. The first-order valence-corrected chi connectivity index (χ1v) is 5.62. The van der Waals surface area contributed by atoms with Gasteiger partial charge in [0.25, 0.3) is 5.69 Å². The topological polar surface area (TPSA) is 108 Å². The second-order valence-corrected chi connectivity index (χ2v) is 4.01. The lowest BCUT2D eigenvalue weighted by molar-refractivity contribution is -0.385. The predicted octanol–water partition coefficient (Wildman–Crippen LogP) is 0.937. The number of nitrogens with two attached hydrogens (primary N) is 1. The number of hydrogen-bond acceptors (Lipinski definition) is 6. The monoisotopic (exact) mass is 267 g/mol. The molecule has 0 radical (unpaired) electrons. The molecule has 1 amide bonds. The van der Waals surface area contributed by atoms with Gasteiger partial charge in [0, 0.05) is 18.7 Å². The fraction of sp³-hybridized carbons (Fsp3) is 0.364. The number of nitrogens with zero attached hydrogens (tertiary/aromatic N) is 2. The molecule has 19 heavy (non-hydrogen) atoms. The molecule has 1 aliphatic rings. The van der Waals surface area contributed by atoms with Crippen molar-refractivity contribution in [2.75, 3.05) is 13.2 Å². The maximum atomic E-state index is 10.7. The first-order valence-electron chi connectivity index (χ1n) is 5.62. The number of hydroxylamine groups is 2. The Hall–Kier alpha value is -2.19. The Morgan fingerprint density at radius 3 is 3.00 bits per heavy atom. The number of nitro groups is 1. The van der Waals surface area contributed by atoms with Crippen LogP contribution in [0.25, 0.3) is 0 Å². The minimum atomic E-state index is -0.826. The number of non-ortho nitro benzene ring substituents is 1. The van der Waals surface area contributed by atoms with Crippen LogP contribution in [0.4, 0.5) is 10.5 Å². The van der Waals surface area contributed by atoms with Gasteiger partial charge < -0.3 is 10.5 Å². The van der Waals surface area contributed by atoms with Crippen LogP contribution >= 0.6 is 0 Å². The Bertz CT molecular complexity index is 505. The van der Waals surface area contributed by atoms with Gasteiger partial charge in [-0.1, -0.05) is 6.07 Å². The summed E-state index contributed by atoms with van der Waals surface area (Å²) >= 11 is 0. The molecule has 2 N–H and O–H groups in total. The molecule has 0 unspecified atom stereocenters. The number of carbonyl (C=O) groups is 1. The summed E-state index contributed by atoms with van der Waals surface area (Å²) in [6, 6.07) is 4.67. The van der Waals surface area contributed by atoms with Crippen LogP contribution in [0, 0.1) is 10.1 Å². The number of hydrogen-bond donors (Lipinski definition) is 1. The molecule has 2 rings (SSSR count). The number of ether oxygens (including phenoxy) is 1. The van der Waals surface area contributed by atoms with Crippen molar-refractivity contribution in [3.05, 3.63) is 39.4 Å². The second kappa shape index (κ2) is 5.63. The van der Waals surface area contributed by atoms with Gasteiger partial charge in [-0.3, -0.25) is 15.0 Å². The van der Waals surface area contributed by atoms with Crippen molar-refractivity contribution in [1.29, 1.82) is 0 Å². The Labute approximate surface area is 108 Å². The lowest BCUT2D eigenvalue weighted by Crippen LogP contribution is -2.32. The number of fused-ring (bicyclic) bond motifs is 1. The number of primary amides is 1. The van der Waals surface area contributed by atoms with Crippen molar-refractivity contribution in [2.45, 2.75) is 13.2 Å². The van der Waals surface area contributed by atoms with E-state index in [1.54, 1.807) is 11.1 Å². The Morgan fingerprint density at radius 2 is 2.32 bits per heavy atom. The molecule has 0 saturated carbocycles. The largest absolute Gasteiger partial charge is 0.448 e. The SMILES string of the molecule is NC(=O)OCCN1Cc2ccc([N+](=O)[O-])cc2CO1. The van der Waals surface area contributed by atoms with Gasteiger partial charge in [0.1, 0.15) is 6.61 Å². The summed E-state index contributed by atoms with van der Waals surface area (Å²) in [5.74, 6) is 0. The molecule has 1 heterocycles. The molecule has 8 heteroatoms. The van der Waals surface area contributed by atoms with Gasteiger partial charge in [0.05, 0.1) is 18.1 Å². The summed E-state index contributed by atoms with van der Waals surface area (Å²) in [4.78, 5) is 26.0. The normalized spacial score (nSPS) is 14.7. The lowest BCUT2D eigenvalue weighted by atomic mass is 10.1. The summed E-state index contributed by atoms with van der Waals surface area (Å²) in [5.41, 5.74) is 6.64. The zero-order valence-corrected chi connectivity index (χ0v) is 10.1. The van der Waals surface area contributed by atoms with Crippen molar-refractivity contribution in [3.63, 3.8) is 0 Å². The summed E-state index contributed by atoms with van der Waals surface area (Å²) in [5, 5.41) is 12.3. The summed E-state index contributed by atoms with van der Waals surface area (Å²) in [6.45, 7) is 1.26. The highest BCUT2D eigenvalue weighted by Gasteiger charge is 2.19. The smallest absolute Gasteiger partial charge is 0.404 e. The van der Waals surface area contributed by atoms with Gasteiger partial charge in [0.15, 0.2) is 0 Å². The fourth-order valence-corrected chi connectivity index (χ4v) is 1.80. The quantitative estimate of drug-likeness (QED) is 0.642. The third-order valence-electron chi connectivity index (χ3n) is 2.74. The van der Waals surface area contributed by atoms with Gasteiger partial charge >= 0.3 is 6.09 Å². The lowest BCUT2D eigenvalue weighted by Gasteiger charge is -2.27. The van der Waals surface area contributed by atoms with E-state index in [1.165, 1.54) is 12.1 Å². The second-order valence-electron chi connectivity index (χ2n) is 4.01. The summed E-state index contributed by atoms with van der Waals surface area (Å²) < 4.78 is 4.61. The van der Waals surface area contributed by atoms with Crippen LogP contribution in [-0.4, -0.2) is 29.2 Å². The molecular formula is C11H13N3O5. The Morgan fingerprint density at radius 1 is 1.53 bits per heavy atom. The van der Waals surface area contributed by atoms with E-state index < -0.39 is 11.0 Å². The van der Waals surface area contributed by atoms with E-state index in [4.69, 9.17) is 10.6 Å². The number of carbonyl (C=O) groups excluding carboxylic acids is 1. The standard InChI is InChI=1S/C11H13N3O5/c12-11(15)18-4-3-13-6-8-1-2-10(14(16)17)5-9(8)7-19-13/h1-2,5H,3-4,6-7H2,(H2,12,15).